The van der Waals surface area contributed by atoms with Crippen LogP contribution in [0.4, 0.5) is 36.4 Å². The number of benzene rings is 1. The third-order valence-electron chi connectivity index (χ3n) is 7.56. The second-order valence-corrected chi connectivity index (χ2v) is 12.6. The van der Waals surface area contributed by atoms with Crippen molar-refractivity contribution in [2.45, 2.75) is 31.6 Å². The fourth-order valence-electron chi connectivity index (χ4n) is 4.93. The summed E-state index contributed by atoms with van der Waals surface area (Å²) in [5.74, 6) is -0.461. The van der Waals surface area contributed by atoms with Crippen molar-refractivity contribution in [1.29, 1.82) is 0 Å². The Labute approximate surface area is 253 Å². The van der Waals surface area contributed by atoms with Crippen molar-refractivity contribution in [2.24, 2.45) is 0 Å². The minimum atomic E-state index is -4.77. The standard InChI is InChI=1S/C28H33F3N8O4S/c1-37(44(3,41)42)25-19(5-4-10-32-25)16-33-24-21(28(29,30)31)17-34-27(36-24)35-22-9-6-18(15-23(22)43-2)26(40)39-13-11-38(12-14-39)20-7-8-20/h4-6,9-10,15,17,20H,7-8,11-14,16H2,1-3H3,(H2,33,34,35,36). The average Bonchev–Trinajstić information content (AvgIpc) is 3.85. The first-order valence-corrected chi connectivity index (χ1v) is 15.7. The van der Waals surface area contributed by atoms with Gasteiger partial charge in [-0.1, -0.05) is 6.07 Å². The molecule has 2 N–H and O–H groups in total. The third kappa shape index (κ3) is 7.13. The van der Waals surface area contributed by atoms with Gasteiger partial charge in [0.15, 0.2) is 0 Å². The van der Waals surface area contributed by atoms with Crippen LogP contribution in [0.25, 0.3) is 0 Å². The summed E-state index contributed by atoms with van der Waals surface area (Å²) in [4.78, 5) is 29.4. The molecule has 1 aliphatic carbocycles. The zero-order chi connectivity index (χ0) is 31.6. The summed E-state index contributed by atoms with van der Waals surface area (Å²) < 4.78 is 72.1. The third-order valence-corrected chi connectivity index (χ3v) is 8.73. The quantitative estimate of drug-likeness (QED) is 0.341. The van der Waals surface area contributed by atoms with Crippen LogP contribution < -0.4 is 19.7 Å². The smallest absolute Gasteiger partial charge is 0.421 e. The van der Waals surface area contributed by atoms with Crippen LogP contribution in [0.1, 0.15) is 34.3 Å². The van der Waals surface area contributed by atoms with Gasteiger partial charge in [0, 0.05) is 69.3 Å². The zero-order valence-corrected chi connectivity index (χ0v) is 25.2. The van der Waals surface area contributed by atoms with Gasteiger partial charge in [0.2, 0.25) is 16.0 Å². The molecule has 3 heterocycles. The van der Waals surface area contributed by atoms with E-state index in [9.17, 15) is 26.4 Å². The molecule has 0 radical (unpaired) electrons. The van der Waals surface area contributed by atoms with Crippen LogP contribution in [0.3, 0.4) is 0 Å². The molecule has 0 atom stereocenters. The molecule has 2 aromatic heterocycles. The van der Waals surface area contributed by atoms with Crippen molar-refractivity contribution in [2.75, 3.05) is 61.5 Å². The number of amides is 1. The van der Waals surface area contributed by atoms with Crippen LogP contribution >= 0.6 is 0 Å². The van der Waals surface area contributed by atoms with E-state index in [2.05, 4.69) is 30.5 Å². The normalized spacial score (nSPS) is 16.0. The molecule has 0 unspecified atom stereocenters. The molecule has 44 heavy (non-hydrogen) atoms. The summed E-state index contributed by atoms with van der Waals surface area (Å²) in [7, 11) is -0.948. The molecule has 0 spiro atoms. The van der Waals surface area contributed by atoms with Crippen molar-refractivity contribution in [3.05, 3.63) is 59.4 Å². The number of anilines is 4. The highest BCUT2D eigenvalue weighted by Gasteiger charge is 2.36. The Balaban J connectivity index is 1.34. The Morgan fingerprint density at radius 3 is 2.50 bits per heavy atom. The Morgan fingerprint density at radius 2 is 1.86 bits per heavy atom. The van der Waals surface area contributed by atoms with E-state index < -0.39 is 27.6 Å². The van der Waals surface area contributed by atoms with Gasteiger partial charge in [-0.05, 0) is 37.1 Å². The summed E-state index contributed by atoms with van der Waals surface area (Å²) in [5.41, 5.74) is -0.0101. The first-order chi connectivity index (χ1) is 20.8. The molecule has 2 aliphatic rings. The number of carbonyl (C=O) groups excluding carboxylic acids is 1. The van der Waals surface area contributed by atoms with Crippen molar-refractivity contribution in [3.63, 3.8) is 0 Å². The highest BCUT2D eigenvalue weighted by Crippen LogP contribution is 2.36. The molecule has 1 aromatic carbocycles. The minimum absolute atomic E-state index is 0.0626. The second kappa shape index (κ2) is 12.4. The lowest BCUT2D eigenvalue weighted by Crippen LogP contribution is -2.49. The summed E-state index contributed by atoms with van der Waals surface area (Å²) >= 11 is 0. The van der Waals surface area contributed by atoms with Gasteiger partial charge in [-0.3, -0.25) is 14.0 Å². The Bertz CT molecular complexity index is 1630. The van der Waals surface area contributed by atoms with Gasteiger partial charge in [-0.15, -0.1) is 0 Å². The van der Waals surface area contributed by atoms with Crippen molar-refractivity contribution in [3.8, 4) is 5.75 Å². The summed E-state index contributed by atoms with van der Waals surface area (Å²) in [5, 5.41) is 5.53. The Morgan fingerprint density at radius 1 is 1.14 bits per heavy atom. The van der Waals surface area contributed by atoms with Crippen LogP contribution in [0.2, 0.25) is 0 Å². The molecule has 1 amide bonds. The summed E-state index contributed by atoms with van der Waals surface area (Å²) in [6, 6.07) is 8.52. The Hall–Kier alpha value is -4.18. The van der Waals surface area contributed by atoms with E-state index in [1.54, 1.807) is 35.2 Å². The lowest BCUT2D eigenvalue weighted by atomic mass is 10.1. The number of carbonyl (C=O) groups is 1. The maximum absolute atomic E-state index is 13.9. The molecular weight excluding hydrogens is 601 g/mol. The maximum atomic E-state index is 13.9. The number of piperazine rings is 1. The van der Waals surface area contributed by atoms with Crippen molar-refractivity contribution >= 4 is 39.2 Å². The minimum Gasteiger partial charge on any atom is -0.495 e. The van der Waals surface area contributed by atoms with Crippen LogP contribution in [-0.4, -0.2) is 91.7 Å². The maximum Gasteiger partial charge on any atom is 0.421 e. The lowest BCUT2D eigenvalue weighted by molar-refractivity contribution is -0.137. The highest BCUT2D eigenvalue weighted by molar-refractivity contribution is 7.92. The molecule has 3 aromatic rings. The average molecular weight is 635 g/mol. The number of aromatic nitrogens is 3. The summed E-state index contributed by atoms with van der Waals surface area (Å²) in [6.07, 6.45) is 0.690. The van der Waals surface area contributed by atoms with Crippen molar-refractivity contribution in [1.82, 2.24) is 24.8 Å². The van der Waals surface area contributed by atoms with Crippen LogP contribution in [0.5, 0.6) is 5.75 Å². The van der Waals surface area contributed by atoms with E-state index in [1.807, 2.05) is 0 Å². The number of hydrogen-bond acceptors (Lipinski definition) is 10. The van der Waals surface area contributed by atoms with Gasteiger partial charge in [-0.25, -0.2) is 18.4 Å². The topological polar surface area (TPSA) is 133 Å². The number of nitrogens with zero attached hydrogens (tertiary/aromatic N) is 6. The first kappa shape index (κ1) is 31.3. The first-order valence-electron chi connectivity index (χ1n) is 13.9. The van der Waals surface area contributed by atoms with Crippen LogP contribution in [-0.2, 0) is 22.7 Å². The van der Waals surface area contributed by atoms with Gasteiger partial charge in [0.05, 0.1) is 19.1 Å². The van der Waals surface area contributed by atoms with E-state index >= 15 is 0 Å². The SMILES string of the molecule is COc1cc(C(=O)N2CCN(C3CC3)CC2)ccc1Nc1ncc(C(F)(F)F)c(NCc2cccnc2N(C)S(C)(=O)=O)n1. The van der Waals surface area contributed by atoms with Crippen LogP contribution in [0.15, 0.2) is 42.7 Å². The number of alkyl halides is 3. The number of pyridine rings is 1. The Kier molecular flexibility index (Phi) is 8.83. The molecule has 16 heteroatoms. The number of nitrogens with one attached hydrogen (secondary N) is 2. The van der Waals surface area contributed by atoms with Gasteiger partial charge in [0.25, 0.3) is 5.91 Å². The molecular formula is C28H33F3N8O4S. The van der Waals surface area contributed by atoms with E-state index in [4.69, 9.17) is 4.74 Å². The summed E-state index contributed by atoms with van der Waals surface area (Å²) in [6.45, 7) is 2.74. The molecule has 1 saturated heterocycles. The van der Waals surface area contributed by atoms with Gasteiger partial charge in [-0.2, -0.15) is 18.2 Å². The number of methoxy groups -OCH3 is 1. The number of rotatable bonds is 10. The fourth-order valence-corrected chi connectivity index (χ4v) is 5.41. The van der Waals surface area contributed by atoms with E-state index in [0.717, 1.165) is 23.7 Å². The van der Waals surface area contributed by atoms with E-state index in [0.29, 0.717) is 42.1 Å². The van der Waals surface area contributed by atoms with Gasteiger partial charge < -0.3 is 20.3 Å². The second-order valence-electron chi connectivity index (χ2n) is 10.6. The molecule has 236 valence electrons. The predicted octanol–water partition coefficient (Wildman–Crippen LogP) is 3.57. The number of hydrogen-bond donors (Lipinski definition) is 2. The monoisotopic (exact) mass is 634 g/mol. The van der Waals surface area contributed by atoms with E-state index in [1.165, 1.54) is 33.2 Å². The zero-order valence-electron chi connectivity index (χ0n) is 24.4. The van der Waals surface area contributed by atoms with E-state index in [-0.39, 0.29) is 30.0 Å². The van der Waals surface area contributed by atoms with Gasteiger partial charge in [0.1, 0.15) is 22.9 Å². The van der Waals surface area contributed by atoms with Gasteiger partial charge >= 0.3 is 6.18 Å². The predicted molar refractivity (Wildman–Crippen MR) is 159 cm³/mol. The molecule has 1 aliphatic heterocycles. The van der Waals surface area contributed by atoms with Crippen LogP contribution in [0, 0.1) is 0 Å². The molecule has 0 bridgehead atoms. The fraction of sp³-hybridized carbons (Fsp3) is 0.429. The molecule has 2 fully saturated rings. The lowest BCUT2D eigenvalue weighted by Gasteiger charge is -2.35. The number of sulfonamides is 1. The molecule has 5 rings (SSSR count). The highest BCUT2D eigenvalue weighted by atomic mass is 32.2. The molecule has 1 saturated carbocycles. The number of halogens is 3. The molecule has 12 nitrogen and oxygen atoms in total. The van der Waals surface area contributed by atoms with Crippen molar-refractivity contribution < 1.29 is 31.1 Å². The largest absolute Gasteiger partial charge is 0.495 e. The number of ether oxygens (including phenoxy) is 1.